The van der Waals surface area contributed by atoms with Gasteiger partial charge in [0.15, 0.2) is 0 Å². The minimum Gasteiger partial charge on any atom is -0.418 e. The van der Waals surface area contributed by atoms with Crippen LogP contribution in [0, 0.1) is 10.1 Å². The molecular weight excluding hydrogens is 246 g/mol. The molecule has 0 bridgehead atoms. The molecule has 0 heterocycles. The predicted molar refractivity (Wildman–Crippen MR) is 75.8 cm³/mol. The Balaban J connectivity index is 3.52. The molecule has 1 aromatic rings. The topological polar surface area (TPSA) is 52.4 Å². The van der Waals surface area contributed by atoms with Crippen molar-refractivity contribution in [1.82, 2.24) is 0 Å². The summed E-state index contributed by atoms with van der Waals surface area (Å²) in [5, 5.41) is 11.4. The lowest BCUT2D eigenvalue weighted by molar-refractivity contribution is -0.387. The molecule has 0 atom stereocenters. The first-order valence-corrected chi connectivity index (χ1v) is 7.19. The average molecular weight is 267 g/mol. The number of rotatable bonds is 6. The van der Waals surface area contributed by atoms with E-state index in [1.54, 1.807) is 0 Å². The van der Waals surface area contributed by atoms with Crippen LogP contribution in [0.1, 0.15) is 44.7 Å². The van der Waals surface area contributed by atoms with E-state index >= 15 is 0 Å². The maximum atomic E-state index is 11.4. The molecule has 0 fully saturated rings. The van der Waals surface area contributed by atoms with E-state index in [0.29, 0.717) is 16.9 Å². The van der Waals surface area contributed by atoms with E-state index in [1.807, 2.05) is 39.0 Å². The zero-order chi connectivity index (χ0) is 13.8. The normalized spacial score (nSPS) is 11.7. The second-order valence-electron chi connectivity index (χ2n) is 4.33. The van der Waals surface area contributed by atoms with Crippen molar-refractivity contribution in [3.63, 3.8) is 0 Å². The molecule has 0 unspecified atom stereocenters. The third-order valence-electron chi connectivity index (χ3n) is 3.71. The van der Waals surface area contributed by atoms with Crippen molar-refractivity contribution < 1.29 is 9.35 Å². The molecule has 0 aliphatic rings. The van der Waals surface area contributed by atoms with Crippen molar-refractivity contribution >= 4 is 16.2 Å². The quantitative estimate of drug-likeness (QED) is 0.452. The first kappa shape index (κ1) is 14.9. The Hall–Kier alpha value is -1.20. The Labute approximate surface area is 111 Å². The summed E-state index contributed by atoms with van der Waals surface area (Å²) in [5.74, 6) is 0. The van der Waals surface area contributed by atoms with Crippen molar-refractivity contribution in [3.05, 3.63) is 39.4 Å². The molecule has 4 nitrogen and oxygen atoms in total. The second kappa shape index (κ2) is 6.11. The molecule has 0 radical (unpaired) electrons. The van der Waals surface area contributed by atoms with Crippen LogP contribution in [0.25, 0.3) is 0 Å². The van der Waals surface area contributed by atoms with E-state index in [4.69, 9.17) is 4.43 Å². The monoisotopic (exact) mass is 267 g/mol. The van der Waals surface area contributed by atoms with Gasteiger partial charge in [0, 0.05) is 5.56 Å². The van der Waals surface area contributed by atoms with Crippen LogP contribution >= 0.6 is 0 Å². The third-order valence-corrected chi connectivity index (χ3v) is 4.49. The molecule has 1 aromatic carbocycles. The molecular formula is C13H21NO3Si. The maximum absolute atomic E-state index is 11.4. The molecule has 18 heavy (non-hydrogen) atoms. The van der Waals surface area contributed by atoms with Crippen LogP contribution in [0.3, 0.4) is 0 Å². The highest BCUT2D eigenvalue weighted by Crippen LogP contribution is 2.39. The molecule has 5 heteroatoms. The Morgan fingerprint density at radius 3 is 2.33 bits per heavy atom. The summed E-state index contributed by atoms with van der Waals surface area (Å²) in [6, 6.07) is 5.55. The summed E-state index contributed by atoms with van der Waals surface area (Å²) in [6.45, 7) is 5.97. The van der Waals surface area contributed by atoms with E-state index in [9.17, 15) is 10.1 Å². The van der Waals surface area contributed by atoms with Crippen LogP contribution < -0.4 is 0 Å². The molecule has 1 rings (SSSR count). The minimum atomic E-state index is -0.500. The highest BCUT2D eigenvalue weighted by Gasteiger charge is 2.35. The van der Waals surface area contributed by atoms with E-state index in [2.05, 4.69) is 0 Å². The Bertz CT molecular complexity index is 422. The van der Waals surface area contributed by atoms with Crippen molar-refractivity contribution in [2.45, 2.75) is 45.6 Å². The van der Waals surface area contributed by atoms with Gasteiger partial charge in [-0.1, -0.05) is 32.9 Å². The van der Waals surface area contributed by atoms with Crippen molar-refractivity contribution in [2.24, 2.45) is 0 Å². The summed E-state index contributed by atoms with van der Waals surface area (Å²) in [4.78, 5) is 11.1. The Kier molecular flexibility index (Phi) is 5.04. The maximum Gasteiger partial charge on any atom is 0.278 e. The number of aryl methyl sites for hydroxylation is 1. The lowest BCUT2D eigenvalue weighted by Crippen LogP contribution is -2.28. The van der Waals surface area contributed by atoms with E-state index in [1.165, 1.54) is 0 Å². The molecule has 0 aromatic heterocycles. The van der Waals surface area contributed by atoms with Gasteiger partial charge in [-0.2, -0.15) is 0 Å². The van der Waals surface area contributed by atoms with Crippen LogP contribution in [-0.2, 0) is 16.4 Å². The Morgan fingerprint density at radius 1 is 1.33 bits per heavy atom. The van der Waals surface area contributed by atoms with Crippen molar-refractivity contribution in [3.8, 4) is 0 Å². The van der Waals surface area contributed by atoms with Gasteiger partial charge >= 0.3 is 0 Å². The predicted octanol–water partition coefficient (Wildman–Crippen LogP) is 2.47. The molecule has 100 valence electrons. The summed E-state index contributed by atoms with van der Waals surface area (Å²) < 4.78 is 5.75. The molecule has 0 saturated heterocycles. The number of nitro groups is 1. The van der Waals surface area contributed by atoms with Gasteiger partial charge < -0.3 is 4.43 Å². The first-order valence-electron chi connectivity index (χ1n) is 6.38. The zero-order valence-electron chi connectivity index (χ0n) is 11.5. The fourth-order valence-corrected chi connectivity index (χ4v) is 3.29. The van der Waals surface area contributed by atoms with Gasteiger partial charge in [0.25, 0.3) is 5.69 Å². The summed E-state index contributed by atoms with van der Waals surface area (Å²) in [6.07, 6.45) is 2.16. The second-order valence-corrected chi connectivity index (χ2v) is 4.74. The number of hydrogen-bond acceptors (Lipinski definition) is 3. The molecule has 0 spiro atoms. The first-order chi connectivity index (χ1) is 8.56. The van der Waals surface area contributed by atoms with Gasteiger partial charge in [0.1, 0.15) is 10.5 Å². The number of nitrogens with zero attached hydrogens (tertiary/aromatic N) is 1. The van der Waals surface area contributed by atoms with Crippen LogP contribution in [0.15, 0.2) is 18.2 Å². The SMILES string of the molecule is CCc1cccc(C(CC)(CC)O[SiH3])c1[N+](=O)[O-]. The van der Waals surface area contributed by atoms with Crippen LogP contribution in [-0.4, -0.2) is 15.4 Å². The highest BCUT2D eigenvalue weighted by molar-refractivity contribution is 5.98. The number of benzene rings is 1. The fraction of sp³-hybridized carbons (Fsp3) is 0.538. The summed E-state index contributed by atoms with van der Waals surface area (Å²) in [7, 11) is 0.571. The highest BCUT2D eigenvalue weighted by atomic mass is 28.2. The Morgan fingerprint density at radius 2 is 1.94 bits per heavy atom. The van der Waals surface area contributed by atoms with Crippen molar-refractivity contribution in [2.75, 3.05) is 0 Å². The number of hydrogen-bond donors (Lipinski definition) is 0. The smallest absolute Gasteiger partial charge is 0.278 e. The van der Waals surface area contributed by atoms with Crippen LogP contribution in [0.4, 0.5) is 5.69 Å². The van der Waals surface area contributed by atoms with Crippen LogP contribution in [0.5, 0.6) is 0 Å². The van der Waals surface area contributed by atoms with Gasteiger partial charge in [-0.25, -0.2) is 0 Å². The van der Waals surface area contributed by atoms with E-state index in [0.717, 1.165) is 24.0 Å². The van der Waals surface area contributed by atoms with E-state index < -0.39 is 5.60 Å². The summed E-state index contributed by atoms with van der Waals surface area (Å²) >= 11 is 0. The fourth-order valence-electron chi connectivity index (χ4n) is 2.49. The molecule has 0 aliphatic heterocycles. The number of para-hydroxylation sites is 1. The number of nitro benzene ring substituents is 1. The molecule has 0 amide bonds. The van der Waals surface area contributed by atoms with Crippen LogP contribution in [0.2, 0.25) is 0 Å². The van der Waals surface area contributed by atoms with Gasteiger partial charge in [-0.15, -0.1) is 0 Å². The molecule has 0 N–H and O–H groups in total. The van der Waals surface area contributed by atoms with E-state index in [-0.39, 0.29) is 10.6 Å². The van der Waals surface area contributed by atoms with Gasteiger partial charge in [-0.3, -0.25) is 10.1 Å². The minimum absolute atomic E-state index is 0.236. The largest absolute Gasteiger partial charge is 0.418 e. The zero-order valence-corrected chi connectivity index (χ0v) is 13.5. The third kappa shape index (κ3) is 2.47. The van der Waals surface area contributed by atoms with Gasteiger partial charge in [-0.05, 0) is 25.3 Å². The average Bonchev–Trinajstić information content (AvgIpc) is 2.40. The van der Waals surface area contributed by atoms with Gasteiger partial charge in [0.05, 0.1) is 16.1 Å². The van der Waals surface area contributed by atoms with Gasteiger partial charge in [0.2, 0.25) is 0 Å². The summed E-state index contributed by atoms with van der Waals surface area (Å²) in [5.41, 5.74) is 1.24. The molecule has 0 saturated carbocycles. The van der Waals surface area contributed by atoms with Crippen molar-refractivity contribution in [1.29, 1.82) is 0 Å². The lowest BCUT2D eigenvalue weighted by Gasteiger charge is -2.31. The standard InChI is InChI=1S/C13H21NO3Si/c1-4-10-8-7-9-11(12(10)14(15)16)13(5-2,6-3)17-18/h7-9H,4-6H2,1-3,18H3. The lowest BCUT2D eigenvalue weighted by atomic mass is 9.86. The molecule has 0 aliphatic carbocycles.